The molecule has 1 fully saturated rings. The van der Waals surface area contributed by atoms with E-state index in [4.69, 9.17) is 9.84 Å². The molecule has 0 saturated heterocycles. The Morgan fingerprint density at radius 3 is 2.27 bits per heavy atom. The summed E-state index contributed by atoms with van der Waals surface area (Å²) in [6.07, 6.45) is 5.32. The maximum absolute atomic E-state index is 14.0. The highest BCUT2D eigenvalue weighted by atomic mass is 32.2. The Morgan fingerprint density at radius 1 is 0.892 bits per heavy atom. The molecule has 3 aromatic carbocycles. The largest absolute Gasteiger partial charge is 0.482 e. The van der Waals surface area contributed by atoms with Crippen molar-refractivity contribution in [2.45, 2.75) is 63.2 Å². The first-order valence-electron chi connectivity index (χ1n) is 12.8. The Balaban J connectivity index is 1.55. The van der Waals surface area contributed by atoms with Crippen molar-refractivity contribution in [1.82, 2.24) is 0 Å². The topological polar surface area (TPSA) is 83.9 Å². The first-order chi connectivity index (χ1) is 17.6. The normalized spacial score (nSPS) is 16.6. The van der Waals surface area contributed by atoms with E-state index in [1.165, 1.54) is 23.6 Å². The number of fused-ring (bicyclic) bond motifs is 2. The predicted octanol–water partition coefficient (Wildman–Crippen LogP) is 6.15. The summed E-state index contributed by atoms with van der Waals surface area (Å²) in [7, 11) is -3.83. The van der Waals surface area contributed by atoms with Crippen LogP contribution in [0.3, 0.4) is 0 Å². The molecule has 1 heterocycles. The second kappa shape index (κ2) is 9.53. The van der Waals surface area contributed by atoms with Crippen LogP contribution in [0.15, 0.2) is 59.5 Å². The molecule has 7 heteroatoms. The molecule has 0 atom stereocenters. The van der Waals surface area contributed by atoms with Crippen molar-refractivity contribution >= 4 is 21.7 Å². The van der Waals surface area contributed by atoms with Crippen LogP contribution in [0, 0.1) is 20.8 Å². The van der Waals surface area contributed by atoms with Crippen LogP contribution in [-0.2, 0) is 20.2 Å². The van der Waals surface area contributed by atoms with Gasteiger partial charge in [0.25, 0.3) is 10.0 Å². The lowest BCUT2D eigenvalue weighted by atomic mass is 9.70. The number of anilines is 1. The van der Waals surface area contributed by atoms with Crippen LogP contribution in [0.25, 0.3) is 11.1 Å². The van der Waals surface area contributed by atoms with Gasteiger partial charge in [-0.05, 0) is 97.3 Å². The van der Waals surface area contributed by atoms with Crippen molar-refractivity contribution in [3.8, 4) is 16.9 Å². The van der Waals surface area contributed by atoms with E-state index < -0.39 is 22.6 Å². The third-order valence-electron chi connectivity index (χ3n) is 8.02. The summed E-state index contributed by atoms with van der Waals surface area (Å²) in [5.74, 6) is -0.715. The van der Waals surface area contributed by atoms with Gasteiger partial charge in [0.1, 0.15) is 5.75 Å². The third kappa shape index (κ3) is 4.61. The Morgan fingerprint density at radius 2 is 1.59 bits per heavy atom. The van der Waals surface area contributed by atoms with Crippen molar-refractivity contribution in [2.24, 2.45) is 0 Å². The Labute approximate surface area is 219 Å². The highest BCUT2D eigenvalue weighted by Gasteiger charge is 2.47. The van der Waals surface area contributed by atoms with E-state index >= 15 is 0 Å². The summed E-state index contributed by atoms with van der Waals surface area (Å²) in [6, 6.07) is 17.3. The average Bonchev–Trinajstić information content (AvgIpc) is 3.19. The molecule has 0 radical (unpaired) electrons. The zero-order valence-electron chi connectivity index (χ0n) is 21.6. The molecule has 2 aliphatic rings. The van der Waals surface area contributed by atoms with Crippen LogP contribution in [0.2, 0.25) is 0 Å². The molecule has 0 bridgehead atoms. The number of nitrogens with zero attached hydrogens (tertiary/aromatic N) is 1. The fourth-order valence-electron chi connectivity index (χ4n) is 5.81. The van der Waals surface area contributed by atoms with E-state index in [1.807, 2.05) is 12.1 Å². The van der Waals surface area contributed by atoms with Crippen LogP contribution in [0.1, 0.15) is 54.4 Å². The molecule has 1 aliphatic heterocycles. The van der Waals surface area contributed by atoms with Gasteiger partial charge in [-0.25, -0.2) is 13.2 Å². The second-order valence-electron chi connectivity index (χ2n) is 10.5. The number of carboxylic acid groups (broad SMARTS) is 1. The van der Waals surface area contributed by atoms with E-state index in [1.54, 1.807) is 23.4 Å². The fourth-order valence-corrected chi connectivity index (χ4v) is 7.46. The van der Waals surface area contributed by atoms with Gasteiger partial charge in [0.05, 0.1) is 10.6 Å². The molecule has 1 spiro atoms. The minimum Gasteiger partial charge on any atom is -0.482 e. The standard InChI is InChI=1S/C30H33NO5S/c1-20-7-8-23(15-21(20)2)24-9-11-27-26(17-24)30(13-5-4-6-14-30)19-31(27)37(34,35)25-10-12-28(22(3)16-25)36-18-29(32)33/h7-12,15-17H,4-6,13-14,18-19H2,1-3H3,(H,32,33). The Bertz CT molecular complexity index is 1470. The number of benzene rings is 3. The monoisotopic (exact) mass is 519 g/mol. The van der Waals surface area contributed by atoms with Crippen LogP contribution in [0.5, 0.6) is 5.75 Å². The van der Waals surface area contributed by atoms with E-state index in [9.17, 15) is 13.2 Å². The van der Waals surface area contributed by atoms with Gasteiger partial charge in [-0.15, -0.1) is 0 Å². The SMILES string of the molecule is Cc1ccc(-c2ccc3c(c2)C2(CCCCC2)CN3S(=O)(=O)c2ccc(OCC(=O)O)c(C)c2)cc1C. The molecular weight excluding hydrogens is 486 g/mol. The van der Waals surface area contributed by atoms with Crippen molar-refractivity contribution in [3.63, 3.8) is 0 Å². The summed E-state index contributed by atoms with van der Waals surface area (Å²) in [6.45, 7) is 5.92. The van der Waals surface area contributed by atoms with Crippen molar-refractivity contribution in [1.29, 1.82) is 0 Å². The van der Waals surface area contributed by atoms with Gasteiger partial charge >= 0.3 is 5.97 Å². The lowest BCUT2D eigenvalue weighted by Crippen LogP contribution is -2.38. The van der Waals surface area contributed by atoms with Crippen LogP contribution >= 0.6 is 0 Å². The molecule has 1 N–H and O–H groups in total. The summed E-state index contributed by atoms with van der Waals surface area (Å²) in [4.78, 5) is 11.1. The zero-order chi connectivity index (χ0) is 26.4. The van der Waals surface area contributed by atoms with Gasteiger partial charge < -0.3 is 9.84 Å². The molecule has 0 aromatic heterocycles. The van der Waals surface area contributed by atoms with Gasteiger partial charge in [-0.3, -0.25) is 4.31 Å². The van der Waals surface area contributed by atoms with Crippen molar-refractivity contribution < 1.29 is 23.1 Å². The van der Waals surface area contributed by atoms with E-state index in [-0.39, 0.29) is 10.3 Å². The second-order valence-corrected chi connectivity index (χ2v) is 12.4. The number of hydrogen-bond donors (Lipinski definition) is 1. The van der Waals surface area contributed by atoms with Crippen molar-refractivity contribution in [3.05, 3.63) is 76.9 Å². The molecule has 194 valence electrons. The van der Waals surface area contributed by atoms with Gasteiger partial charge in [0.2, 0.25) is 0 Å². The maximum Gasteiger partial charge on any atom is 0.341 e. The van der Waals surface area contributed by atoms with Gasteiger partial charge in [-0.2, -0.15) is 0 Å². The summed E-state index contributed by atoms with van der Waals surface area (Å²) in [5.41, 5.74) is 7.03. The zero-order valence-corrected chi connectivity index (χ0v) is 22.4. The summed E-state index contributed by atoms with van der Waals surface area (Å²) < 4.78 is 34.8. The predicted molar refractivity (Wildman–Crippen MR) is 145 cm³/mol. The Hall–Kier alpha value is -3.32. The highest BCUT2D eigenvalue weighted by Crippen LogP contribution is 2.51. The fraction of sp³-hybridized carbons (Fsp3) is 0.367. The number of carboxylic acids is 1. The number of hydrogen-bond acceptors (Lipinski definition) is 4. The molecule has 1 aliphatic carbocycles. The number of rotatable bonds is 6. The van der Waals surface area contributed by atoms with Crippen molar-refractivity contribution in [2.75, 3.05) is 17.5 Å². The molecule has 5 rings (SSSR count). The molecule has 3 aromatic rings. The molecule has 1 saturated carbocycles. The summed E-state index contributed by atoms with van der Waals surface area (Å²) >= 11 is 0. The molecule has 37 heavy (non-hydrogen) atoms. The quantitative estimate of drug-likeness (QED) is 0.422. The lowest BCUT2D eigenvalue weighted by Gasteiger charge is -2.34. The molecule has 6 nitrogen and oxygen atoms in total. The number of aryl methyl sites for hydroxylation is 3. The van der Waals surface area contributed by atoms with Gasteiger partial charge in [0, 0.05) is 12.0 Å². The minimum atomic E-state index is -3.83. The maximum atomic E-state index is 14.0. The number of aliphatic carboxylic acids is 1. The average molecular weight is 520 g/mol. The first-order valence-corrected chi connectivity index (χ1v) is 14.2. The smallest absolute Gasteiger partial charge is 0.341 e. The third-order valence-corrected chi connectivity index (χ3v) is 9.78. The molecular formula is C30H33NO5S. The van der Waals surface area contributed by atoms with E-state index in [0.717, 1.165) is 48.1 Å². The van der Waals surface area contributed by atoms with Gasteiger partial charge in [0.15, 0.2) is 6.61 Å². The van der Waals surface area contributed by atoms with Gasteiger partial charge in [-0.1, -0.05) is 43.5 Å². The molecule has 0 unspecified atom stereocenters. The number of ether oxygens (including phenoxy) is 1. The Kier molecular flexibility index (Phi) is 6.52. The van der Waals surface area contributed by atoms with Crippen LogP contribution in [-0.4, -0.2) is 32.6 Å². The van der Waals surface area contributed by atoms with Crippen LogP contribution in [0.4, 0.5) is 5.69 Å². The minimum absolute atomic E-state index is 0.185. The van der Waals surface area contributed by atoms with Crippen LogP contribution < -0.4 is 9.04 Å². The first kappa shape index (κ1) is 25.3. The summed E-state index contributed by atoms with van der Waals surface area (Å²) in [5, 5.41) is 8.90. The molecule has 0 amide bonds. The number of sulfonamides is 1. The van der Waals surface area contributed by atoms with E-state index in [0.29, 0.717) is 17.9 Å². The van der Waals surface area contributed by atoms with E-state index in [2.05, 4.69) is 38.1 Å². The lowest BCUT2D eigenvalue weighted by molar-refractivity contribution is -0.139. The highest BCUT2D eigenvalue weighted by molar-refractivity contribution is 7.92. The number of carbonyl (C=O) groups is 1.